The third-order valence-corrected chi connectivity index (χ3v) is 4.80. The van der Waals surface area contributed by atoms with Gasteiger partial charge in [0, 0.05) is 30.4 Å². The number of hydrogen-bond acceptors (Lipinski definition) is 5. The molecule has 3 aromatic rings. The first-order chi connectivity index (χ1) is 11.3. The average molecular weight is 325 g/mol. The first-order valence-electron chi connectivity index (χ1n) is 7.50. The Morgan fingerprint density at radius 2 is 2.26 bits per heavy atom. The second kappa shape index (κ2) is 5.92. The minimum Gasteiger partial charge on any atom is -0.346 e. The van der Waals surface area contributed by atoms with Crippen molar-refractivity contribution in [1.82, 2.24) is 25.5 Å². The van der Waals surface area contributed by atoms with Gasteiger partial charge in [-0.2, -0.15) is 0 Å². The Morgan fingerprint density at radius 3 is 3.04 bits per heavy atom. The minimum atomic E-state index is -0.169. The third-order valence-electron chi connectivity index (χ3n) is 3.71. The van der Waals surface area contributed by atoms with E-state index < -0.39 is 0 Å². The molecule has 2 heterocycles. The summed E-state index contributed by atoms with van der Waals surface area (Å²) < 4.78 is 0. The Bertz CT molecular complexity index is 823. The molecule has 1 aliphatic carbocycles. The topological polar surface area (TPSA) is 83.6 Å². The Kier molecular flexibility index (Phi) is 3.63. The zero-order valence-electron chi connectivity index (χ0n) is 12.3. The van der Waals surface area contributed by atoms with Crippen molar-refractivity contribution in [2.75, 3.05) is 0 Å². The summed E-state index contributed by atoms with van der Waals surface area (Å²) in [5, 5.41) is 12.4. The molecule has 2 aromatic heterocycles. The van der Waals surface area contributed by atoms with Crippen LogP contribution in [0, 0.1) is 0 Å². The lowest BCUT2D eigenvalue weighted by Gasteiger charge is -2.05. The molecule has 23 heavy (non-hydrogen) atoms. The molecule has 2 N–H and O–H groups in total. The van der Waals surface area contributed by atoms with E-state index in [1.807, 2.05) is 24.3 Å². The lowest BCUT2D eigenvalue weighted by molar-refractivity contribution is 0.0950. The largest absolute Gasteiger partial charge is 0.346 e. The van der Waals surface area contributed by atoms with Crippen molar-refractivity contribution >= 4 is 17.2 Å². The zero-order valence-corrected chi connectivity index (χ0v) is 13.1. The maximum Gasteiger partial charge on any atom is 0.282 e. The highest BCUT2D eigenvalue weighted by Gasteiger charge is 2.28. The number of rotatable bonds is 5. The van der Waals surface area contributed by atoms with Crippen molar-refractivity contribution in [3.8, 4) is 11.4 Å². The normalized spacial score (nSPS) is 13.9. The Morgan fingerprint density at radius 1 is 1.35 bits per heavy atom. The predicted molar refractivity (Wildman–Crippen MR) is 87.1 cm³/mol. The number of aromatic amines is 1. The quantitative estimate of drug-likeness (QED) is 0.755. The highest BCUT2D eigenvalue weighted by atomic mass is 32.1. The van der Waals surface area contributed by atoms with E-state index in [-0.39, 0.29) is 5.91 Å². The van der Waals surface area contributed by atoms with Gasteiger partial charge in [-0.15, -0.1) is 10.2 Å². The fourth-order valence-corrected chi connectivity index (χ4v) is 3.26. The highest BCUT2D eigenvalue weighted by molar-refractivity contribution is 7.13. The van der Waals surface area contributed by atoms with E-state index in [0.29, 0.717) is 17.5 Å². The maximum atomic E-state index is 12.2. The molecule has 116 valence electrons. The van der Waals surface area contributed by atoms with E-state index in [1.165, 1.54) is 11.3 Å². The van der Waals surface area contributed by atoms with Gasteiger partial charge in [0.25, 0.3) is 5.91 Å². The van der Waals surface area contributed by atoms with Gasteiger partial charge in [0.1, 0.15) is 10.8 Å². The van der Waals surface area contributed by atoms with E-state index in [0.717, 1.165) is 34.8 Å². The van der Waals surface area contributed by atoms with E-state index in [4.69, 9.17) is 0 Å². The van der Waals surface area contributed by atoms with Gasteiger partial charge in [-0.25, -0.2) is 4.98 Å². The number of carbonyl (C=O) groups excluding carboxylic acids is 1. The fraction of sp³-hybridized carbons (Fsp3) is 0.250. The number of carbonyl (C=O) groups is 1. The van der Waals surface area contributed by atoms with Crippen LogP contribution >= 0.6 is 11.3 Å². The summed E-state index contributed by atoms with van der Waals surface area (Å²) in [5.41, 5.74) is 2.01. The Balaban J connectivity index is 1.42. The van der Waals surface area contributed by atoms with Crippen molar-refractivity contribution in [1.29, 1.82) is 0 Å². The highest BCUT2D eigenvalue weighted by Crippen LogP contribution is 2.41. The number of hydrogen-bond donors (Lipinski definition) is 2. The van der Waals surface area contributed by atoms with Crippen LogP contribution in [0.3, 0.4) is 0 Å². The summed E-state index contributed by atoms with van der Waals surface area (Å²) in [4.78, 5) is 19.5. The molecule has 0 bridgehead atoms. The zero-order chi connectivity index (χ0) is 15.6. The van der Waals surface area contributed by atoms with E-state index in [9.17, 15) is 4.79 Å². The molecule has 1 aliphatic rings. The smallest absolute Gasteiger partial charge is 0.282 e. The molecule has 0 aliphatic heterocycles. The van der Waals surface area contributed by atoms with Crippen LogP contribution in [0.15, 0.2) is 36.7 Å². The second-order valence-corrected chi connectivity index (χ2v) is 6.55. The van der Waals surface area contributed by atoms with Crippen LogP contribution in [0.5, 0.6) is 0 Å². The van der Waals surface area contributed by atoms with E-state index in [2.05, 4.69) is 25.5 Å². The molecular formula is C16H15N5OS. The van der Waals surface area contributed by atoms with Crippen molar-refractivity contribution < 1.29 is 4.79 Å². The molecule has 7 heteroatoms. The molecule has 1 fully saturated rings. The Labute approximate surface area is 137 Å². The fourth-order valence-electron chi connectivity index (χ4n) is 2.33. The van der Waals surface area contributed by atoms with Gasteiger partial charge in [-0.05, 0) is 24.5 Å². The molecule has 0 unspecified atom stereocenters. The van der Waals surface area contributed by atoms with Gasteiger partial charge in [-0.1, -0.05) is 29.5 Å². The van der Waals surface area contributed by atoms with Gasteiger partial charge in [0.15, 0.2) is 0 Å². The van der Waals surface area contributed by atoms with E-state index >= 15 is 0 Å². The lowest BCUT2D eigenvalue weighted by Crippen LogP contribution is -2.22. The summed E-state index contributed by atoms with van der Waals surface area (Å²) in [6.45, 7) is 0.450. The van der Waals surface area contributed by atoms with Crippen molar-refractivity contribution in [3.63, 3.8) is 0 Å². The molecule has 1 amide bonds. The Hall–Kier alpha value is -2.54. The predicted octanol–water partition coefficient (Wildman–Crippen LogP) is 2.74. The molecular weight excluding hydrogens is 310 g/mol. The van der Waals surface area contributed by atoms with Crippen LogP contribution in [0.25, 0.3) is 11.4 Å². The molecule has 1 aromatic carbocycles. The van der Waals surface area contributed by atoms with E-state index in [1.54, 1.807) is 12.4 Å². The number of amides is 1. The summed E-state index contributed by atoms with van der Waals surface area (Å²) in [5.74, 6) is 1.17. The standard InChI is InChI=1S/C16H15N5OS/c22-14(16-21-20-15(23-16)11-4-5-11)19-9-10-2-1-3-12(8-10)13-17-6-7-18-13/h1-3,6-8,11H,4-5,9H2,(H,17,18)(H,19,22). The van der Waals surface area contributed by atoms with Crippen molar-refractivity contribution in [2.45, 2.75) is 25.3 Å². The van der Waals surface area contributed by atoms with Gasteiger partial charge in [-0.3, -0.25) is 4.79 Å². The number of imidazole rings is 1. The van der Waals surface area contributed by atoms with Crippen LogP contribution in [0.4, 0.5) is 0 Å². The SMILES string of the molecule is O=C(NCc1cccc(-c2ncc[nH]2)c1)c1nnc(C2CC2)s1. The summed E-state index contributed by atoms with van der Waals surface area (Å²) >= 11 is 1.40. The average Bonchev–Trinajstić information content (AvgIpc) is 3.09. The molecule has 0 saturated heterocycles. The van der Waals surface area contributed by atoms with Gasteiger partial charge in [0.05, 0.1) is 0 Å². The van der Waals surface area contributed by atoms with Crippen LogP contribution in [0.2, 0.25) is 0 Å². The molecule has 0 spiro atoms. The van der Waals surface area contributed by atoms with Crippen LogP contribution in [-0.4, -0.2) is 26.1 Å². The minimum absolute atomic E-state index is 0.169. The summed E-state index contributed by atoms with van der Waals surface area (Å²) in [6.07, 6.45) is 5.83. The summed E-state index contributed by atoms with van der Waals surface area (Å²) in [7, 11) is 0. The number of H-pyrrole nitrogens is 1. The van der Waals surface area contributed by atoms with Crippen LogP contribution in [0.1, 0.15) is 39.1 Å². The first-order valence-corrected chi connectivity index (χ1v) is 8.31. The molecule has 0 radical (unpaired) electrons. The first kappa shape index (κ1) is 14.1. The van der Waals surface area contributed by atoms with Crippen LogP contribution < -0.4 is 5.32 Å². The summed E-state index contributed by atoms with van der Waals surface area (Å²) in [6, 6.07) is 7.92. The number of benzene rings is 1. The molecule has 1 saturated carbocycles. The monoisotopic (exact) mass is 325 g/mol. The number of aromatic nitrogens is 4. The number of nitrogens with one attached hydrogen (secondary N) is 2. The third kappa shape index (κ3) is 3.14. The molecule has 0 atom stereocenters. The van der Waals surface area contributed by atoms with Crippen LogP contribution in [-0.2, 0) is 6.54 Å². The van der Waals surface area contributed by atoms with Gasteiger partial charge >= 0.3 is 0 Å². The number of nitrogens with zero attached hydrogens (tertiary/aromatic N) is 3. The van der Waals surface area contributed by atoms with Gasteiger partial charge in [0.2, 0.25) is 5.01 Å². The van der Waals surface area contributed by atoms with Crippen molar-refractivity contribution in [2.24, 2.45) is 0 Å². The maximum absolute atomic E-state index is 12.2. The molecule has 6 nitrogen and oxygen atoms in total. The van der Waals surface area contributed by atoms with Crippen molar-refractivity contribution in [3.05, 3.63) is 52.2 Å². The lowest BCUT2D eigenvalue weighted by atomic mass is 10.1. The second-order valence-electron chi connectivity index (χ2n) is 5.54. The van der Waals surface area contributed by atoms with Gasteiger partial charge < -0.3 is 10.3 Å². The molecule has 4 rings (SSSR count).